The molecule has 8 nitrogen and oxygen atoms in total. The molecule has 11 heteroatoms. The average molecular weight is 622 g/mol. The fraction of sp³-hybridized carbons (Fsp3) is 0.107. The maximum absolute atomic E-state index is 13.6. The van der Waals surface area contributed by atoms with Gasteiger partial charge >= 0.3 is 0 Å². The first-order chi connectivity index (χ1) is 18.9. The average Bonchev–Trinajstić information content (AvgIpc) is 3.63. The Balaban J connectivity index is 1.29. The predicted octanol–water partition coefficient (Wildman–Crippen LogP) is 6.08. The Morgan fingerprint density at radius 1 is 1.05 bits per heavy atom. The number of hydrogen-bond acceptors (Lipinski definition) is 7. The molecule has 2 aromatic heterocycles. The Morgan fingerprint density at radius 2 is 1.85 bits per heavy atom. The van der Waals surface area contributed by atoms with Crippen LogP contribution in [0.2, 0.25) is 0 Å². The molecule has 0 unspecified atom stereocenters. The topological polar surface area (TPSA) is 96.1 Å². The third-order valence-corrected chi connectivity index (χ3v) is 9.74. The Kier molecular flexibility index (Phi) is 6.90. The van der Waals surface area contributed by atoms with Crippen LogP contribution in [0.25, 0.3) is 10.2 Å². The summed E-state index contributed by atoms with van der Waals surface area (Å²) in [5.41, 5.74) is 3.18. The molecule has 1 aliphatic heterocycles. The second kappa shape index (κ2) is 10.5. The van der Waals surface area contributed by atoms with Crippen molar-refractivity contribution in [3.8, 4) is 0 Å². The van der Waals surface area contributed by atoms with E-state index in [0.717, 1.165) is 20.3 Å². The molecule has 0 atom stereocenters. The van der Waals surface area contributed by atoms with Crippen LogP contribution in [-0.4, -0.2) is 36.4 Å². The van der Waals surface area contributed by atoms with Crippen molar-refractivity contribution in [2.75, 3.05) is 11.6 Å². The van der Waals surface area contributed by atoms with E-state index in [9.17, 15) is 13.2 Å². The minimum absolute atomic E-state index is 0.133. The summed E-state index contributed by atoms with van der Waals surface area (Å²) in [6, 6.07) is 22.9. The van der Waals surface area contributed by atoms with Crippen LogP contribution in [0.1, 0.15) is 27.2 Å². The molecule has 6 rings (SSSR count). The standard InChI is InChI=1S/C28H21BrN4O4S2/c29-22-9-12-25-26(16-22)38-28(31-25)33(30-17-23-6-3-15-37-23)27(34)20-7-10-24(11-8-20)39(35,36)32-14-13-19-4-1-2-5-21(19)18-32/h1-12,15-17H,13-14,18H2/b30-17+. The van der Waals surface area contributed by atoms with E-state index in [2.05, 4.69) is 26.0 Å². The minimum atomic E-state index is -3.73. The van der Waals surface area contributed by atoms with Gasteiger partial charge in [-0.25, -0.2) is 13.4 Å². The normalized spacial score (nSPS) is 14.1. The lowest BCUT2D eigenvalue weighted by atomic mass is 10.0. The van der Waals surface area contributed by atoms with E-state index in [1.807, 2.05) is 42.5 Å². The van der Waals surface area contributed by atoms with Gasteiger partial charge in [0.05, 0.1) is 27.6 Å². The molecule has 0 radical (unpaired) electrons. The molecule has 0 bridgehead atoms. The summed E-state index contributed by atoms with van der Waals surface area (Å²) in [5.74, 6) is 0.0213. The molecule has 0 fully saturated rings. The number of carbonyl (C=O) groups excluding carboxylic acids is 1. The molecule has 3 aromatic carbocycles. The second-order valence-electron chi connectivity index (χ2n) is 8.87. The summed E-state index contributed by atoms with van der Waals surface area (Å²) >= 11 is 4.78. The van der Waals surface area contributed by atoms with Gasteiger partial charge in [-0.15, -0.1) is 0 Å². The Labute approximate surface area is 237 Å². The quantitative estimate of drug-likeness (QED) is 0.169. The molecule has 1 aliphatic rings. The number of anilines is 1. The Hall–Kier alpha value is -3.64. The first-order valence-electron chi connectivity index (χ1n) is 12.0. The number of sulfonamides is 1. The number of furan rings is 1. The molecule has 0 N–H and O–H groups in total. The van der Waals surface area contributed by atoms with Gasteiger partial charge in [0, 0.05) is 23.1 Å². The molecule has 0 aliphatic carbocycles. The van der Waals surface area contributed by atoms with E-state index in [4.69, 9.17) is 4.42 Å². The smallest absolute Gasteiger partial charge is 0.280 e. The molecule has 39 heavy (non-hydrogen) atoms. The van der Waals surface area contributed by atoms with Crippen molar-refractivity contribution in [3.63, 3.8) is 0 Å². The first-order valence-corrected chi connectivity index (χ1v) is 15.1. The van der Waals surface area contributed by atoms with Crippen molar-refractivity contribution in [2.45, 2.75) is 17.9 Å². The van der Waals surface area contributed by atoms with Crippen molar-refractivity contribution in [1.29, 1.82) is 0 Å². The van der Waals surface area contributed by atoms with Crippen LogP contribution < -0.4 is 5.01 Å². The van der Waals surface area contributed by atoms with E-state index in [1.54, 1.807) is 12.1 Å². The number of hydrazone groups is 1. The van der Waals surface area contributed by atoms with E-state index >= 15 is 0 Å². The van der Waals surface area contributed by atoms with Crippen LogP contribution in [-0.2, 0) is 23.0 Å². The summed E-state index contributed by atoms with van der Waals surface area (Å²) in [4.78, 5) is 18.4. The van der Waals surface area contributed by atoms with Crippen molar-refractivity contribution in [2.24, 2.45) is 5.10 Å². The van der Waals surface area contributed by atoms with E-state index in [1.165, 1.54) is 63.0 Å². The summed E-state index contributed by atoms with van der Waals surface area (Å²) in [5, 5.41) is 5.95. The van der Waals surface area contributed by atoms with Crippen LogP contribution in [0.5, 0.6) is 0 Å². The van der Waals surface area contributed by atoms with E-state index in [-0.39, 0.29) is 10.5 Å². The van der Waals surface area contributed by atoms with Crippen LogP contribution in [0.4, 0.5) is 5.13 Å². The Morgan fingerprint density at radius 3 is 2.62 bits per heavy atom. The minimum Gasteiger partial charge on any atom is -0.463 e. The zero-order valence-electron chi connectivity index (χ0n) is 20.4. The zero-order valence-corrected chi connectivity index (χ0v) is 23.6. The summed E-state index contributed by atoms with van der Waals surface area (Å²) in [7, 11) is -3.73. The third kappa shape index (κ3) is 5.18. The molecular formula is C28H21BrN4O4S2. The number of halogens is 1. The van der Waals surface area contributed by atoms with Gasteiger partial charge in [0.2, 0.25) is 15.2 Å². The van der Waals surface area contributed by atoms with Crippen molar-refractivity contribution < 1.29 is 17.6 Å². The fourth-order valence-corrected chi connectivity index (χ4v) is 7.25. The number of fused-ring (bicyclic) bond motifs is 2. The van der Waals surface area contributed by atoms with Crippen molar-refractivity contribution in [3.05, 3.63) is 112 Å². The lowest BCUT2D eigenvalue weighted by molar-refractivity contribution is 0.0987. The zero-order chi connectivity index (χ0) is 27.0. The second-order valence-corrected chi connectivity index (χ2v) is 12.7. The highest BCUT2D eigenvalue weighted by Gasteiger charge is 2.29. The van der Waals surface area contributed by atoms with Gasteiger partial charge in [0.25, 0.3) is 5.91 Å². The van der Waals surface area contributed by atoms with E-state index in [0.29, 0.717) is 30.4 Å². The summed E-state index contributed by atoms with van der Waals surface area (Å²) < 4.78 is 35.3. The van der Waals surface area contributed by atoms with Crippen molar-refractivity contribution in [1.82, 2.24) is 9.29 Å². The number of aromatic nitrogens is 1. The molecule has 1 amide bonds. The van der Waals surface area contributed by atoms with Gasteiger partial charge in [-0.2, -0.15) is 14.4 Å². The number of carbonyl (C=O) groups is 1. The van der Waals surface area contributed by atoms with Gasteiger partial charge in [-0.05, 0) is 72.1 Å². The molecule has 0 spiro atoms. The number of thiazole rings is 1. The lowest BCUT2D eigenvalue weighted by Crippen LogP contribution is -2.36. The third-order valence-electron chi connectivity index (χ3n) is 6.39. The maximum Gasteiger partial charge on any atom is 0.280 e. The summed E-state index contributed by atoms with van der Waals surface area (Å²) in [6.07, 6.45) is 3.61. The SMILES string of the molecule is O=C(c1ccc(S(=O)(=O)N2CCc3ccccc3C2)cc1)N(/N=C/c1ccco1)c1nc2ccc(Br)cc2s1. The summed E-state index contributed by atoms with van der Waals surface area (Å²) in [6.45, 7) is 0.727. The maximum atomic E-state index is 13.6. The first kappa shape index (κ1) is 25.6. The van der Waals surface area contributed by atoms with Gasteiger partial charge in [-0.1, -0.05) is 51.5 Å². The number of nitrogens with zero attached hydrogens (tertiary/aromatic N) is 4. The molecule has 0 saturated heterocycles. The van der Waals surface area contributed by atoms with Gasteiger partial charge in [-0.3, -0.25) is 4.79 Å². The fourth-order valence-electron chi connectivity index (χ4n) is 4.36. The molecule has 3 heterocycles. The van der Waals surface area contributed by atoms with Crippen LogP contribution in [0, 0.1) is 0 Å². The monoisotopic (exact) mass is 620 g/mol. The van der Waals surface area contributed by atoms with Crippen LogP contribution in [0.15, 0.2) is 104 Å². The van der Waals surface area contributed by atoms with Crippen molar-refractivity contribution >= 4 is 64.8 Å². The van der Waals surface area contributed by atoms with Gasteiger partial charge in [0.15, 0.2) is 0 Å². The predicted molar refractivity (Wildman–Crippen MR) is 155 cm³/mol. The highest BCUT2D eigenvalue weighted by molar-refractivity contribution is 9.10. The van der Waals surface area contributed by atoms with Gasteiger partial charge in [0.1, 0.15) is 5.76 Å². The van der Waals surface area contributed by atoms with Gasteiger partial charge < -0.3 is 4.42 Å². The highest BCUT2D eigenvalue weighted by atomic mass is 79.9. The number of amides is 1. The molecule has 196 valence electrons. The number of hydrogen-bond donors (Lipinski definition) is 0. The van der Waals surface area contributed by atoms with Crippen LogP contribution in [0.3, 0.4) is 0 Å². The lowest BCUT2D eigenvalue weighted by Gasteiger charge is -2.28. The molecule has 5 aromatic rings. The van der Waals surface area contributed by atoms with E-state index < -0.39 is 15.9 Å². The number of rotatable bonds is 6. The van der Waals surface area contributed by atoms with Crippen LogP contribution >= 0.6 is 27.3 Å². The largest absolute Gasteiger partial charge is 0.463 e. The highest BCUT2D eigenvalue weighted by Crippen LogP contribution is 2.32. The molecular weight excluding hydrogens is 600 g/mol. The Bertz CT molecular complexity index is 1800. The number of benzene rings is 3. The molecule has 0 saturated carbocycles.